The second-order valence-electron chi connectivity index (χ2n) is 6.58. The Balaban J connectivity index is 1.67. The van der Waals surface area contributed by atoms with E-state index in [0.717, 1.165) is 12.8 Å². The quantitative estimate of drug-likeness (QED) is 0.800. The number of rotatable bonds is 6. The zero-order valence-corrected chi connectivity index (χ0v) is 12.5. The van der Waals surface area contributed by atoms with Crippen LogP contribution in [0.4, 0.5) is 0 Å². The fraction of sp³-hybridized carbons (Fsp3) is 0.938. The number of hydrogen-bond donors (Lipinski definition) is 1. The maximum absolute atomic E-state index is 9.36. The van der Waals surface area contributed by atoms with Gasteiger partial charge in [0, 0.05) is 6.04 Å². The van der Waals surface area contributed by atoms with Crippen molar-refractivity contribution in [1.82, 2.24) is 10.2 Å². The SMILES string of the molecule is CC(C#N)(CCCN1CCCCCCC1)NC1CC1. The highest BCUT2D eigenvalue weighted by molar-refractivity contribution is 5.07. The van der Waals surface area contributed by atoms with Crippen LogP contribution < -0.4 is 5.32 Å². The van der Waals surface area contributed by atoms with Crippen LogP contribution in [0, 0.1) is 11.3 Å². The molecule has 3 nitrogen and oxygen atoms in total. The second kappa shape index (κ2) is 7.26. The highest BCUT2D eigenvalue weighted by Gasteiger charge is 2.32. The van der Waals surface area contributed by atoms with E-state index in [0.29, 0.717) is 6.04 Å². The average molecular weight is 263 g/mol. The molecule has 1 saturated carbocycles. The Morgan fingerprint density at radius 2 is 1.79 bits per heavy atom. The summed E-state index contributed by atoms with van der Waals surface area (Å²) in [5.74, 6) is 0. The number of nitrogens with zero attached hydrogens (tertiary/aromatic N) is 2. The largest absolute Gasteiger partial charge is 0.303 e. The lowest BCUT2D eigenvalue weighted by Gasteiger charge is -2.27. The Kier molecular flexibility index (Phi) is 5.66. The van der Waals surface area contributed by atoms with Gasteiger partial charge >= 0.3 is 0 Å². The van der Waals surface area contributed by atoms with Crippen LogP contribution in [-0.2, 0) is 0 Å². The third-order valence-corrected chi connectivity index (χ3v) is 4.45. The summed E-state index contributed by atoms with van der Waals surface area (Å²) < 4.78 is 0. The van der Waals surface area contributed by atoms with E-state index in [9.17, 15) is 5.26 Å². The van der Waals surface area contributed by atoms with Crippen molar-refractivity contribution in [3.63, 3.8) is 0 Å². The first-order valence-electron chi connectivity index (χ1n) is 8.13. The first-order valence-corrected chi connectivity index (χ1v) is 8.13. The molecular formula is C16H29N3. The lowest BCUT2D eigenvalue weighted by atomic mass is 9.97. The minimum Gasteiger partial charge on any atom is -0.303 e. The number of nitriles is 1. The molecule has 0 bridgehead atoms. The van der Waals surface area contributed by atoms with E-state index in [4.69, 9.17) is 0 Å². The van der Waals surface area contributed by atoms with E-state index in [1.165, 1.54) is 64.6 Å². The molecule has 0 aromatic heterocycles. The number of hydrogen-bond acceptors (Lipinski definition) is 3. The fourth-order valence-corrected chi connectivity index (χ4v) is 3.03. The van der Waals surface area contributed by atoms with Crippen molar-refractivity contribution >= 4 is 0 Å². The van der Waals surface area contributed by atoms with Crippen LogP contribution in [0.5, 0.6) is 0 Å². The van der Waals surface area contributed by atoms with Crippen LogP contribution in [0.3, 0.4) is 0 Å². The molecule has 0 aromatic rings. The summed E-state index contributed by atoms with van der Waals surface area (Å²) >= 11 is 0. The number of nitrogens with one attached hydrogen (secondary N) is 1. The van der Waals surface area contributed by atoms with Crippen molar-refractivity contribution in [2.45, 2.75) is 76.3 Å². The molecule has 1 N–H and O–H groups in total. The molecular weight excluding hydrogens is 234 g/mol. The maximum Gasteiger partial charge on any atom is 0.104 e. The van der Waals surface area contributed by atoms with Crippen molar-refractivity contribution < 1.29 is 0 Å². The van der Waals surface area contributed by atoms with E-state index in [2.05, 4.69) is 23.2 Å². The van der Waals surface area contributed by atoms with Crippen LogP contribution in [-0.4, -0.2) is 36.1 Å². The molecule has 0 radical (unpaired) electrons. The molecule has 0 amide bonds. The van der Waals surface area contributed by atoms with Gasteiger partial charge in [-0.25, -0.2) is 0 Å². The number of likely N-dealkylation sites (tertiary alicyclic amines) is 1. The van der Waals surface area contributed by atoms with Crippen molar-refractivity contribution in [2.75, 3.05) is 19.6 Å². The highest BCUT2D eigenvalue weighted by atomic mass is 15.1. The molecule has 1 unspecified atom stereocenters. The standard InChI is InChI=1S/C16H29N3/c1-16(14-17,18-15-8-9-15)10-7-13-19-11-5-3-2-4-6-12-19/h15,18H,2-13H2,1H3. The van der Waals surface area contributed by atoms with Gasteiger partial charge in [0.25, 0.3) is 0 Å². The first kappa shape index (κ1) is 14.8. The molecule has 108 valence electrons. The van der Waals surface area contributed by atoms with Gasteiger partial charge in [0.15, 0.2) is 0 Å². The molecule has 0 spiro atoms. The average Bonchev–Trinajstić information content (AvgIpc) is 3.15. The second-order valence-corrected chi connectivity index (χ2v) is 6.58. The zero-order valence-electron chi connectivity index (χ0n) is 12.5. The lowest BCUT2D eigenvalue weighted by Crippen LogP contribution is -2.43. The van der Waals surface area contributed by atoms with E-state index >= 15 is 0 Å². The van der Waals surface area contributed by atoms with E-state index in [1.54, 1.807) is 0 Å². The predicted molar refractivity (Wildman–Crippen MR) is 78.9 cm³/mol. The molecule has 1 saturated heterocycles. The Hall–Kier alpha value is -0.590. The van der Waals surface area contributed by atoms with Crippen molar-refractivity contribution in [2.24, 2.45) is 0 Å². The minimum absolute atomic E-state index is 0.302. The summed E-state index contributed by atoms with van der Waals surface area (Å²) in [6.07, 6.45) is 11.6. The minimum atomic E-state index is -0.302. The van der Waals surface area contributed by atoms with Crippen molar-refractivity contribution in [3.8, 4) is 6.07 Å². The molecule has 2 fully saturated rings. The molecule has 3 heteroatoms. The van der Waals surface area contributed by atoms with Gasteiger partial charge in [0.05, 0.1) is 6.07 Å². The van der Waals surface area contributed by atoms with Gasteiger partial charge in [0.2, 0.25) is 0 Å². The van der Waals surface area contributed by atoms with Gasteiger partial charge in [0.1, 0.15) is 5.54 Å². The molecule has 19 heavy (non-hydrogen) atoms. The van der Waals surface area contributed by atoms with Crippen LogP contribution in [0.1, 0.15) is 64.7 Å². The van der Waals surface area contributed by atoms with E-state index in [1.807, 2.05) is 0 Å². The molecule has 1 heterocycles. The predicted octanol–water partition coefficient (Wildman–Crippen LogP) is 3.07. The zero-order chi connectivity index (χ0) is 13.6. The van der Waals surface area contributed by atoms with Crippen molar-refractivity contribution in [1.29, 1.82) is 5.26 Å². The van der Waals surface area contributed by atoms with Gasteiger partial charge in [-0.2, -0.15) is 5.26 Å². The third-order valence-electron chi connectivity index (χ3n) is 4.45. The van der Waals surface area contributed by atoms with Crippen molar-refractivity contribution in [3.05, 3.63) is 0 Å². The summed E-state index contributed by atoms with van der Waals surface area (Å²) in [6, 6.07) is 3.10. The molecule has 2 aliphatic rings. The summed E-state index contributed by atoms with van der Waals surface area (Å²) in [5, 5.41) is 12.9. The van der Waals surface area contributed by atoms with E-state index < -0.39 is 0 Å². The summed E-state index contributed by atoms with van der Waals surface area (Å²) in [4.78, 5) is 2.61. The van der Waals surface area contributed by atoms with Crippen LogP contribution in [0.15, 0.2) is 0 Å². The van der Waals surface area contributed by atoms with Crippen LogP contribution >= 0.6 is 0 Å². The molecule has 1 aliphatic heterocycles. The molecule has 1 atom stereocenters. The Morgan fingerprint density at radius 1 is 1.16 bits per heavy atom. The van der Waals surface area contributed by atoms with Gasteiger partial charge < -0.3 is 4.90 Å². The first-order chi connectivity index (χ1) is 9.22. The van der Waals surface area contributed by atoms with E-state index in [-0.39, 0.29) is 5.54 Å². The Bertz CT molecular complexity index is 298. The smallest absolute Gasteiger partial charge is 0.104 e. The van der Waals surface area contributed by atoms with Crippen LogP contribution in [0.2, 0.25) is 0 Å². The summed E-state index contributed by atoms with van der Waals surface area (Å²) in [7, 11) is 0. The lowest BCUT2D eigenvalue weighted by molar-refractivity contribution is 0.235. The molecule has 0 aromatic carbocycles. The molecule has 1 aliphatic carbocycles. The van der Waals surface area contributed by atoms with Gasteiger partial charge in [-0.15, -0.1) is 0 Å². The Labute approximate surface area is 118 Å². The summed E-state index contributed by atoms with van der Waals surface area (Å²) in [6.45, 7) is 5.76. The summed E-state index contributed by atoms with van der Waals surface area (Å²) in [5.41, 5.74) is -0.302. The maximum atomic E-state index is 9.36. The normalized spacial score (nSPS) is 25.1. The molecule has 2 rings (SSSR count). The van der Waals surface area contributed by atoms with Gasteiger partial charge in [-0.3, -0.25) is 5.32 Å². The van der Waals surface area contributed by atoms with Gasteiger partial charge in [-0.1, -0.05) is 19.3 Å². The Morgan fingerprint density at radius 3 is 2.37 bits per heavy atom. The van der Waals surface area contributed by atoms with Gasteiger partial charge in [-0.05, 0) is 65.1 Å². The highest BCUT2D eigenvalue weighted by Crippen LogP contribution is 2.24. The van der Waals surface area contributed by atoms with Crippen LogP contribution in [0.25, 0.3) is 0 Å². The third kappa shape index (κ3) is 5.50. The fourth-order valence-electron chi connectivity index (χ4n) is 3.03. The monoisotopic (exact) mass is 263 g/mol. The topological polar surface area (TPSA) is 39.1 Å².